The Morgan fingerprint density at radius 1 is 1.10 bits per heavy atom. The summed E-state index contributed by atoms with van der Waals surface area (Å²) in [5.41, 5.74) is 2.18. The maximum Gasteiger partial charge on any atom is 0.249 e. The first-order valence-corrected chi connectivity index (χ1v) is 11.9. The molecular formula is C25H37N3O. The normalized spacial score (nSPS) is 24.1. The number of carbonyl (C=O) groups excluding carboxylic acids is 1. The fraction of sp³-hybridized carbons (Fsp3) is 0.680. The zero-order chi connectivity index (χ0) is 19.9. The summed E-state index contributed by atoms with van der Waals surface area (Å²) < 4.78 is 0. The number of allylic oxidation sites excluding steroid dienone is 1. The van der Waals surface area contributed by atoms with Gasteiger partial charge in [0.1, 0.15) is 0 Å². The number of aromatic nitrogens is 1. The minimum Gasteiger partial charge on any atom is -0.334 e. The first-order chi connectivity index (χ1) is 14.3. The SMILES string of the molecule is O=C(C1=CCCCC1)N(Cc1cccnc1)C[C@H]1CCCN(C2CCCCC2)C1. The molecule has 0 unspecified atom stereocenters. The van der Waals surface area contributed by atoms with Crippen molar-refractivity contribution in [3.63, 3.8) is 0 Å². The standard InChI is InChI=1S/C25H37N3O/c29-25(23-11-3-1-4-12-23)28(18-21-9-7-15-26-17-21)20-22-10-8-16-27(19-22)24-13-5-2-6-14-24/h7,9,11,15,17,22,24H,1-6,8,10,12-14,16,18-20H2/t22-/m0/s1. The van der Waals surface area contributed by atoms with E-state index in [1.54, 1.807) is 0 Å². The molecule has 1 saturated heterocycles. The van der Waals surface area contributed by atoms with Crippen molar-refractivity contribution in [2.45, 2.75) is 83.2 Å². The van der Waals surface area contributed by atoms with Crippen molar-refractivity contribution in [2.75, 3.05) is 19.6 Å². The fourth-order valence-electron chi connectivity index (χ4n) is 5.50. The molecule has 1 aromatic heterocycles. The van der Waals surface area contributed by atoms with Crippen LogP contribution in [0.4, 0.5) is 0 Å². The molecule has 1 atom stereocenters. The fourth-order valence-corrected chi connectivity index (χ4v) is 5.50. The summed E-state index contributed by atoms with van der Waals surface area (Å²) in [4.78, 5) is 22.5. The highest BCUT2D eigenvalue weighted by molar-refractivity contribution is 5.93. The third-order valence-electron chi connectivity index (χ3n) is 7.07. The molecule has 4 heteroatoms. The van der Waals surface area contributed by atoms with Crippen LogP contribution in [0.5, 0.6) is 0 Å². The van der Waals surface area contributed by atoms with E-state index < -0.39 is 0 Å². The van der Waals surface area contributed by atoms with Crippen molar-refractivity contribution in [2.24, 2.45) is 5.92 Å². The van der Waals surface area contributed by atoms with Crippen LogP contribution in [0.25, 0.3) is 0 Å². The van der Waals surface area contributed by atoms with Gasteiger partial charge in [-0.1, -0.05) is 31.4 Å². The zero-order valence-corrected chi connectivity index (χ0v) is 17.9. The molecule has 2 aliphatic carbocycles. The van der Waals surface area contributed by atoms with E-state index in [0.717, 1.165) is 43.0 Å². The molecule has 4 nitrogen and oxygen atoms in total. The monoisotopic (exact) mass is 395 g/mol. The van der Waals surface area contributed by atoms with Crippen molar-refractivity contribution >= 4 is 5.91 Å². The van der Waals surface area contributed by atoms with Gasteiger partial charge in [-0.15, -0.1) is 0 Å². The van der Waals surface area contributed by atoms with E-state index in [-0.39, 0.29) is 5.91 Å². The van der Waals surface area contributed by atoms with E-state index in [1.807, 2.05) is 18.5 Å². The largest absolute Gasteiger partial charge is 0.334 e. The summed E-state index contributed by atoms with van der Waals surface area (Å²) in [6, 6.07) is 4.86. The number of piperidine rings is 1. The van der Waals surface area contributed by atoms with E-state index >= 15 is 0 Å². The summed E-state index contributed by atoms with van der Waals surface area (Å²) in [7, 11) is 0. The van der Waals surface area contributed by atoms with Gasteiger partial charge in [0.25, 0.3) is 0 Å². The van der Waals surface area contributed by atoms with Crippen molar-refractivity contribution in [1.29, 1.82) is 0 Å². The highest BCUT2D eigenvalue weighted by atomic mass is 16.2. The lowest BCUT2D eigenvalue weighted by Gasteiger charge is -2.41. The highest BCUT2D eigenvalue weighted by Gasteiger charge is 2.29. The molecule has 0 radical (unpaired) electrons. The first kappa shape index (κ1) is 20.6. The molecule has 4 rings (SSSR count). The minimum atomic E-state index is 0.267. The van der Waals surface area contributed by atoms with Crippen molar-refractivity contribution in [3.8, 4) is 0 Å². The minimum absolute atomic E-state index is 0.267. The molecule has 1 amide bonds. The van der Waals surface area contributed by atoms with Crippen LogP contribution in [0.1, 0.15) is 76.2 Å². The smallest absolute Gasteiger partial charge is 0.249 e. The molecule has 0 bridgehead atoms. The maximum atomic E-state index is 13.4. The van der Waals surface area contributed by atoms with Crippen LogP contribution in [0.2, 0.25) is 0 Å². The molecule has 3 aliphatic rings. The summed E-state index contributed by atoms with van der Waals surface area (Å²) in [6.45, 7) is 3.99. The molecular weight excluding hydrogens is 358 g/mol. The average molecular weight is 396 g/mol. The number of nitrogens with zero attached hydrogens (tertiary/aromatic N) is 3. The van der Waals surface area contributed by atoms with E-state index in [9.17, 15) is 4.79 Å². The van der Waals surface area contributed by atoms with Gasteiger partial charge in [-0.3, -0.25) is 9.78 Å². The third kappa shape index (κ3) is 5.69. The average Bonchev–Trinajstić information content (AvgIpc) is 2.80. The number of rotatable bonds is 6. The summed E-state index contributed by atoms with van der Waals surface area (Å²) in [6.07, 6.45) is 19.8. The Morgan fingerprint density at radius 3 is 2.76 bits per heavy atom. The summed E-state index contributed by atoms with van der Waals surface area (Å²) >= 11 is 0. The molecule has 1 saturated carbocycles. The Morgan fingerprint density at radius 2 is 2.00 bits per heavy atom. The molecule has 0 N–H and O–H groups in total. The highest BCUT2D eigenvalue weighted by Crippen LogP contribution is 2.28. The Kier molecular flexibility index (Phi) is 7.37. The van der Waals surface area contributed by atoms with Crippen molar-refractivity contribution in [3.05, 3.63) is 41.7 Å². The van der Waals surface area contributed by atoms with Gasteiger partial charge >= 0.3 is 0 Å². The van der Waals surface area contributed by atoms with Crippen molar-refractivity contribution in [1.82, 2.24) is 14.8 Å². The van der Waals surface area contributed by atoms with Crippen LogP contribution in [-0.2, 0) is 11.3 Å². The quantitative estimate of drug-likeness (QED) is 0.683. The van der Waals surface area contributed by atoms with E-state index in [2.05, 4.69) is 26.9 Å². The Balaban J connectivity index is 1.43. The van der Waals surface area contributed by atoms with Gasteiger partial charge in [0.05, 0.1) is 0 Å². The van der Waals surface area contributed by atoms with E-state index in [0.29, 0.717) is 12.5 Å². The van der Waals surface area contributed by atoms with Crippen LogP contribution in [0, 0.1) is 5.92 Å². The Hall–Kier alpha value is -1.68. The van der Waals surface area contributed by atoms with Gasteiger partial charge in [-0.2, -0.15) is 0 Å². The zero-order valence-electron chi connectivity index (χ0n) is 17.9. The molecule has 158 valence electrons. The van der Waals surface area contributed by atoms with E-state index in [4.69, 9.17) is 0 Å². The molecule has 1 aromatic rings. The lowest BCUT2D eigenvalue weighted by molar-refractivity contribution is -0.129. The molecule has 0 aromatic carbocycles. The second kappa shape index (κ2) is 10.4. The summed E-state index contributed by atoms with van der Waals surface area (Å²) in [5.74, 6) is 0.860. The van der Waals surface area contributed by atoms with Gasteiger partial charge in [0, 0.05) is 43.6 Å². The second-order valence-corrected chi connectivity index (χ2v) is 9.32. The maximum absolute atomic E-state index is 13.4. The van der Waals surface area contributed by atoms with Crippen LogP contribution in [0.15, 0.2) is 36.2 Å². The second-order valence-electron chi connectivity index (χ2n) is 9.32. The molecule has 1 aliphatic heterocycles. The van der Waals surface area contributed by atoms with E-state index in [1.165, 1.54) is 64.5 Å². The van der Waals surface area contributed by atoms with Crippen molar-refractivity contribution < 1.29 is 4.79 Å². The molecule has 0 spiro atoms. The first-order valence-electron chi connectivity index (χ1n) is 11.9. The van der Waals surface area contributed by atoms with Crippen LogP contribution >= 0.6 is 0 Å². The molecule has 2 heterocycles. The van der Waals surface area contributed by atoms with Gasteiger partial charge in [-0.25, -0.2) is 0 Å². The lowest BCUT2D eigenvalue weighted by atomic mass is 9.89. The molecule has 29 heavy (non-hydrogen) atoms. The third-order valence-corrected chi connectivity index (χ3v) is 7.07. The van der Waals surface area contributed by atoms with Gasteiger partial charge in [0.15, 0.2) is 0 Å². The number of pyridine rings is 1. The van der Waals surface area contributed by atoms with Gasteiger partial charge in [-0.05, 0) is 75.5 Å². The van der Waals surface area contributed by atoms with Gasteiger partial charge < -0.3 is 9.80 Å². The van der Waals surface area contributed by atoms with Crippen LogP contribution in [0.3, 0.4) is 0 Å². The number of likely N-dealkylation sites (tertiary alicyclic amines) is 1. The summed E-state index contributed by atoms with van der Waals surface area (Å²) in [5, 5.41) is 0. The number of amides is 1. The number of hydrogen-bond acceptors (Lipinski definition) is 3. The van der Waals surface area contributed by atoms with Gasteiger partial charge in [0.2, 0.25) is 5.91 Å². The van der Waals surface area contributed by atoms with Crippen LogP contribution < -0.4 is 0 Å². The Bertz CT molecular complexity index is 681. The molecule has 2 fully saturated rings. The van der Waals surface area contributed by atoms with Crippen LogP contribution in [-0.4, -0.2) is 46.4 Å². The lowest BCUT2D eigenvalue weighted by Crippen LogP contribution is -2.47. The number of carbonyl (C=O) groups is 1. The number of hydrogen-bond donors (Lipinski definition) is 0. The Labute approximate surface area is 176 Å². The predicted molar refractivity (Wildman–Crippen MR) is 117 cm³/mol. The topological polar surface area (TPSA) is 36.4 Å². The predicted octanol–water partition coefficient (Wildman–Crippen LogP) is 4.96.